The highest BCUT2D eigenvalue weighted by Gasteiger charge is 2.30. The predicted molar refractivity (Wildman–Crippen MR) is 75.1 cm³/mol. The molecule has 0 bridgehead atoms. The highest BCUT2D eigenvalue weighted by molar-refractivity contribution is 7.12. The zero-order valence-electron chi connectivity index (χ0n) is 10.8. The molecule has 4 heteroatoms. The smallest absolute Gasteiger partial charge is 0.346 e. The second-order valence-electron chi connectivity index (χ2n) is 5.33. The van der Waals surface area contributed by atoms with E-state index in [-0.39, 0.29) is 5.60 Å². The number of benzene rings is 1. The van der Waals surface area contributed by atoms with E-state index in [2.05, 4.69) is 13.8 Å². The first-order valence-corrected chi connectivity index (χ1v) is 6.97. The van der Waals surface area contributed by atoms with Crippen molar-refractivity contribution in [1.29, 1.82) is 0 Å². The number of hydrogen-bond acceptors (Lipinski definition) is 3. The van der Waals surface area contributed by atoms with Gasteiger partial charge in [-0.3, -0.25) is 0 Å². The third kappa shape index (κ3) is 2.12. The van der Waals surface area contributed by atoms with E-state index >= 15 is 0 Å². The summed E-state index contributed by atoms with van der Waals surface area (Å²) in [6, 6.07) is 7.76. The van der Waals surface area contributed by atoms with Crippen molar-refractivity contribution >= 4 is 17.3 Å². The van der Waals surface area contributed by atoms with Crippen molar-refractivity contribution < 1.29 is 14.6 Å². The number of hydrogen-bond donors (Lipinski definition) is 1. The standard InChI is InChI=1S/C15H14O3S/c1-15(2)8-10-7-9(3-4-12(10)18-15)11-5-6-19-13(11)14(16)17/h3-7H,8H2,1-2H3,(H,16,17). The number of fused-ring (bicyclic) bond motifs is 1. The minimum absolute atomic E-state index is 0.175. The first-order valence-electron chi connectivity index (χ1n) is 6.09. The molecule has 0 amide bonds. The number of rotatable bonds is 2. The Bertz CT molecular complexity index is 655. The van der Waals surface area contributed by atoms with Gasteiger partial charge < -0.3 is 9.84 Å². The molecule has 2 heterocycles. The van der Waals surface area contributed by atoms with Crippen LogP contribution in [0.5, 0.6) is 5.75 Å². The lowest BCUT2D eigenvalue weighted by Crippen LogP contribution is -2.24. The van der Waals surface area contributed by atoms with E-state index in [1.807, 2.05) is 29.6 Å². The van der Waals surface area contributed by atoms with Crippen molar-refractivity contribution in [2.24, 2.45) is 0 Å². The van der Waals surface area contributed by atoms with Gasteiger partial charge in [0.2, 0.25) is 0 Å². The van der Waals surface area contributed by atoms with E-state index in [9.17, 15) is 9.90 Å². The molecule has 1 aliphatic rings. The van der Waals surface area contributed by atoms with Crippen LogP contribution in [0.4, 0.5) is 0 Å². The summed E-state index contributed by atoms with van der Waals surface area (Å²) >= 11 is 1.25. The van der Waals surface area contributed by atoms with Gasteiger partial charge in [-0.25, -0.2) is 4.79 Å². The van der Waals surface area contributed by atoms with Gasteiger partial charge in [-0.15, -0.1) is 11.3 Å². The van der Waals surface area contributed by atoms with E-state index in [1.54, 1.807) is 0 Å². The zero-order valence-corrected chi connectivity index (χ0v) is 11.6. The summed E-state index contributed by atoms with van der Waals surface area (Å²) in [7, 11) is 0. The first kappa shape index (κ1) is 12.2. The van der Waals surface area contributed by atoms with Crippen molar-refractivity contribution in [3.8, 4) is 16.9 Å². The third-order valence-electron chi connectivity index (χ3n) is 3.23. The number of carboxylic acid groups (broad SMARTS) is 1. The molecule has 0 unspecified atom stereocenters. The van der Waals surface area contributed by atoms with Crippen molar-refractivity contribution in [3.05, 3.63) is 40.1 Å². The average molecular weight is 274 g/mol. The van der Waals surface area contributed by atoms with Crippen LogP contribution in [0, 0.1) is 0 Å². The van der Waals surface area contributed by atoms with Crippen LogP contribution in [0.2, 0.25) is 0 Å². The fraction of sp³-hybridized carbons (Fsp3) is 0.267. The number of carbonyl (C=O) groups is 1. The zero-order chi connectivity index (χ0) is 13.6. The lowest BCUT2D eigenvalue weighted by molar-refractivity contribution is 0.0703. The highest BCUT2D eigenvalue weighted by atomic mass is 32.1. The summed E-state index contributed by atoms with van der Waals surface area (Å²) < 4.78 is 5.83. The molecule has 1 N–H and O–H groups in total. The normalized spacial score (nSPS) is 15.9. The second-order valence-corrected chi connectivity index (χ2v) is 6.25. The summed E-state index contributed by atoms with van der Waals surface area (Å²) in [5.41, 5.74) is 2.69. The molecule has 0 aliphatic carbocycles. The topological polar surface area (TPSA) is 46.5 Å². The van der Waals surface area contributed by atoms with Crippen molar-refractivity contribution in [2.75, 3.05) is 0 Å². The van der Waals surface area contributed by atoms with E-state index < -0.39 is 5.97 Å². The van der Waals surface area contributed by atoms with Gasteiger partial charge in [0.25, 0.3) is 0 Å². The summed E-state index contributed by atoms with van der Waals surface area (Å²) in [5, 5.41) is 11.0. The van der Waals surface area contributed by atoms with E-state index in [0.29, 0.717) is 4.88 Å². The molecule has 1 aromatic heterocycles. The molecule has 2 aromatic rings. The second kappa shape index (κ2) is 4.10. The van der Waals surface area contributed by atoms with Crippen LogP contribution in [0.3, 0.4) is 0 Å². The Kier molecular flexibility index (Phi) is 2.64. The maximum atomic E-state index is 11.2. The number of thiophene rings is 1. The van der Waals surface area contributed by atoms with Gasteiger partial charge in [-0.2, -0.15) is 0 Å². The van der Waals surface area contributed by atoms with E-state index in [0.717, 1.165) is 28.9 Å². The van der Waals surface area contributed by atoms with E-state index in [1.165, 1.54) is 11.3 Å². The fourth-order valence-corrected chi connectivity index (χ4v) is 3.23. The predicted octanol–water partition coefficient (Wildman–Crippen LogP) is 3.83. The van der Waals surface area contributed by atoms with Gasteiger partial charge in [0.15, 0.2) is 0 Å². The summed E-state index contributed by atoms with van der Waals surface area (Å²) in [5.74, 6) is 0.0305. The molecule has 0 spiro atoms. The van der Waals surface area contributed by atoms with Gasteiger partial charge in [0.1, 0.15) is 16.2 Å². The van der Waals surface area contributed by atoms with Crippen LogP contribution in [-0.4, -0.2) is 16.7 Å². The molecule has 0 fully saturated rings. The summed E-state index contributed by atoms with van der Waals surface area (Å²) in [4.78, 5) is 11.6. The maximum absolute atomic E-state index is 11.2. The quantitative estimate of drug-likeness (QED) is 0.905. The van der Waals surface area contributed by atoms with Gasteiger partial charge in [-0.1, -0.05) is 6.07 Å². The van der Waals surface area contributed by atoms with Gasteiger partial charge in [0.05, 0.1) is 0 Å². The van der Waals surface area contributed by atoms with Gasteiger partial charge in [0, 0.05) is 12.0 Å². The molecule has 1 aromatic carbocycles. The van der Waals surface area contributed by atoms with Gasteiger partial charge in [-0.05, 0) is 48.6 Å². The van der Waals surface area contributed by atoms with Crippen LogP contribution in [0.25, 0.3) is 11.1 Å². The number of aromatic carboxylic acids is 1. The Labute approximate surface area is 115 Å². The van der Waals surface area contributed by atoms with E-state index in [4.69, 9.17) is 4.74 Å². The Morgan fingerprint density at radius 1 is 1.37 bits per heavy atom. The molecule has 3 nitrogen and oxygen atoms in total. The lowest BCUT2D eigenvalue weighted by Gasteiger charge is -2.16. The molecule has 1 aliphatic heterocycles. The van der Waals surface area contributed by atoms with Crippen molar-refractivity contribution in [3.63, 3.8) is 0 Å². The van der Waals surface area contributed by atoms with Crippen LogP contribution in [0.15, 0.2) is 29.6 Å². The van der Waals surface area contributed by atoms with Crippen molar-refractivity contribution in [2.45, 2.75) is 25.9 Å². The number of ether oxygens (including phenoxy) is 1. The van der Waals surface area contributed by atoms with Gasteiger partial charge >= 0.3 is 5.97 Å². The summed E-state index contributed by atoms with van der Waals surface area (Å²) in [6.45, 7) is 4.11. The molecular weight excluding hydrogens is 260 g/mol. The Morgan fingerprint density at radius 2 is 2.16 bits per heavy atom. The third-order valence-corrected chi connectivity index (χ3v) is 4.14. The Morgan fingerprint density at radius 3 is 2.89 bits per heavy atom. The van der Waals surface area contributed by atoms with Crippen LogP contribution in [0.1, 0.15) is 29.1 Å². The monoisotopic (exact) mass is 274 g/mol. The molecule has 19 heavy (non-hydrogen) atoms. The van der Waals surface area contributed by atoms with Crippen molar-refractivity contribution in [1.82, 2.24) is 0 Å². The SMILES string of the molecule is CC1(C)Cc2cc(-c3ccsc3C(=O)O)ccc2O1. The fourth-order valence-electron chi connectivity index (χ4n) is 2.48. The van der Waals surface area contributed by atoms with Crippen LogP contribution >= 0.6 is 11.3 Å². The molecule has 0 radical (unpaired) electrons. The largest absolute Gasteiger partial charge is 0.487 e. The highest BCUT2D eigenvalue weighted by Crippen LogP contribution is 2.38. The molecule has 98 valence electrons. The first-order chi connectivity index (χ1) is 8.96. The average Bonchev–Trinajstić information content (AvgIpc) is 2.89. The lowest BCUT2D eigenvalue weighted by atomic mass is 9.98. The maximum Gasteiger partial charge on any atom is 0.346 e. The molecule has 3 rings (SSSR count). The molecule has 0 atom stereocenters. The minimum atomic E-state index is -0.873. The minimum Gasteiger partial charge on any atom is -0.487 e. The molecular formula is C15H14O3S. The molecule has 0 saturated carbocycles. The molecule has 0 saturated heterocycles. The van der Waals surface area contributed by atoms with Crippen LogP contribution < -0.4 is 4.74 Å². The van der Waals surface area contributed by atoms with Crippen LogP contribution in [-0.2, 0) is 6.42 Å². The Hall–Kier alpha value is -1.81. The summed E-state index contributed by atoms with van der Waals surface area (Å²) in [6.07, 6.45) is 0.850. The Balaban J connectivity index is 2.05. The number of carboxylic acids is 1.